The molecule has 0 aromatic heterocycles. The molecule has 0 radical (unpaired) electrons. The van der Waals surface area contributed by atoms with E-state index >= 15 is 0 Å². The second-order valence-corrected chi connectivity index (χ2v) is 5.88. The fraction of sp³-hybridized carbons (Fsp3) is 0.786. The molecule has 0 aliphatic carbocycles. The first-order valence-corrected chi connectivity index (χ1v) is 7.79. The minimum atomic E-state index is -0.988. The Balaban J connectivity index is 2.01. The lowest BCUT2D eigenvalue weighted by molar-refractivity contribution is -0.149. The van der Waals surface area contributed by atoms with Gasteiger partial charge in [0.15, 0.2) is 0 Å². The first kappa shape index (κ1) is 16.7. The van der Waals surface area contributed by atoms with E-state index in [1.807, 2.05) is 0 Å². The molecule has 0 aromatic carbocycles. The number of aliphatic carboxylic acids is 1. The largest absolute Gasteiger partial charge is 0.480 e. The molecule has 22 heavy (non-hydrogen) atoms. The molecule has 2 saturated heterocycles. The van der Waals surface area contributed by atoms with Gasteiger partial charge in [0, 0.05) is 19.6 Å². The van der Waals surface area contributed by atoms with Crippen LogP contribution in [0.5, 0.6) is 0 Å². The average Bonchev–Trinajstić information content (AvgIpc) is 2.90. The molecular weight excluding hydrogens is 288 g/mol. The SMILES string of the molecule is NCCC[C@H](NC(=O)C1CNC1)C(=O)N1CCC[C@H]1C(=O)O. The fourth-order valence-electron chi connectivity index (χ4n) is 2.83. The van der Waals surface area contributed by atoms with Crippen LogP contribution in [0.3, 0.4) is 0 Å². The number of carbonyl (C=O) groups excluding carboxylic acids is 2. The lowest BCUT2D eigenvalue weighted by Crippen LogP contribution is -2.57. The van der Waals surface area contributed by atoms with E-state index in [0.717, 1.165) is 0 Å². The topological polar surface area (TPSA) is 125 Å². The number of likely N-dealkylation sites (tertiary alicyclic amines) is 1. The van der Waals surface area contributed by atoms with Crippen LogP contribution in [0.4, 0.5) is 0 Å². The van der Waals surface area contributed by atoms with Gasteiger partial charge in [-0.2, -0.15) is 0 Å². The van der Waals surface area contributed by atoms with Crippen molar-refractivity contribution >= 4 is 17.8 Å². The Morgan fingerprint density at radius 2 is 2.09 bits per heavy atom. The molecule has 8 nitrogen and oxygen atoms in total. The highest BCUT2D eigenvalue weighted by Gasteiger charge is 2.38. The van der Waals surface area contributed by atoms with Crippen LogP contribution in [0, 0.1) is 5.92 Å². The van der Waals surface area contributed by atoms with Gasteiger partial charge in [0.2, 0.25) is 11.8 Å². The van der Waals surface area contributed by atoms with Gasteiger partial charge in [-0.1, -0.05) is 0 Å². The maximum absolute atomic E-state index is 12.6. The van der Waals surface area contributed by atoms with E-state index in [9.17, 15) is 19.5 Å². The van der Waals surface area contributed by atoms with Crippen molar-refractivity contribution in [2.45, 2.75) is 37.8 Å². The van der Waals surface area contributed by atoms with Gasteiger partial charge in [-0.25, -0.2) is 4.79 Å². The third-order valence-corrected chi connectivity index (χ3v) is 4.28. The number of nitrogens with one attached hydrogen (secondary N) is 2. The Hall–Kier alpha value is -1.67. The molecule has 2 amide bonds. The van der Waals surface area contributed by atoms with Crippen molar-refractivity contribution in [2.24, 2.45) is 11.7 Å². The normalized spacial score (nSPS) is 23.0. The number of nitrogens with two attached hydrogens (primary N) is 1. The summed E-state index contributed by atoms with van der Waals surface area (Å²) in [7, 11) is 0. The zero-order valence-corrected chi connectivity index (χ0v) is 12.6. The quantitative estimate of drug-likeness (QED) is 0.454. The zero-order valence-electron chi connectivity index (χ0n) is 12.6. The number of nitrogens with zero attached hydrogens (tertiary/aromatic N) is 1. The van der Waals surface area contributed by atoms with Gasteiger partial charge >= 0.3 is 5.97 Å². The molecule has 0 bridgehead atoms. The lowest BCUT2D eigenvalue weighted by Gasteiger charge is -2.31. The molecule has 2 heterocycles. The molecule has 0 unspecified atom stereocenters. The van der Waals surface area contributed by atoms with Gasteiger partial charge in [-0.15, -0.1) is 0 Å². The third kappa shape index (κ3) is 3.75. The molecule has 2 rings (SSSR count). The standard InChI is InChI=1S/C14H24N4O4/c15-5-1-3-10(17-12(19)9-7-16-8-9)13(20)18-6-2-4-11(18)14(21)22/h9-11,16H,1-8,15H2,(H,17,19)(H,21,22)/t10-,11-/m0/s1. The summed E-state index contributed by atoms with van der Waals surface area (Å²) in [6, 6.07) is -1.47. The van der Waals surface area contributed by atoms with Crippen LogP contribution in [-0.4, -0.2) is 66.1 Å². The summed E-state index contributed by atoms with van der Waals surface area (Å²) < 4.78 is 0. The highest BCUT2D eigenvalue weighted by Crippen LogP contribution is 2.19. The van der Waals surface area contributed by atoms with Crippen LogP contribution in [0.25, 0.3) is 0 Å². The number of hydrogen-bond donors (Lipinski definition) is 4. The van der Waals surface area contributed by atoms with Crippen molar-refractivity contribution < 1.29 is 19.5 Å². The van der Waals surface area contributed by atoms with E-state index in [1.54, 1.807) is 0 Å². The third-order valence-electron chi connectivity index (χ3n) is 4.28. The number of amides is 2. The highest BCUT2D eigenvalue weighted by molar-refractivity contribution is 5.91. The van der Waals surface area contributed by atoms with E-state index in [1.165, 1.54) is 4.90 Å². The van der Waals surface area contributed by atoms with Crippen LogP contribution in [0.2, 0.25) is 0 Å². The first-order valence-electron chi connectivity index (χ1n) is 7.79. The van der Waals surface area contributed by atoms with E-state index in [4.69, 9.17) is 5.73 Å². The Morgan fingerprint density at radius 1 is 1.36 bits per heavy atom. The van der Waals surface area contributed by atoms with Crippen molar-refractivity contribution in [2.75, 3.05) is 26.2 Å². The van der Waals surface area contributed by atoms with E-state index in [0.29, 0.717) is 51.9 Å². The number of hydrogen-bond acceptors (Lipinski definition) is 5. The minimum Gasteiger partial charge on any atom is -0.480 e. The first-order chi connectivity index (χ1) is 10.5. The Bertz CT molecular complexity index is 439. The van der Waals surface area contributed by atoms with E-state index in [-0.39, 0.29) is 17.7 Å². The number of carboxylic acid groups (broad SMARTS) is 1. The Kier molecular flexibility index (Phi) is 5.73. The maximum atomic E-state index is 12.6. The van der Waals surface area contributed by atoms with Gasteiger partial charge < -0.3 is 26.4 Å². The summed E-state index contributed by atoms with van der Waals surface area (Å²) >= 11 is 0. The van der Waals surface area contributed by atoms with E-state index < -0.39 is 18.1 Å². The molecular formula is C14H24N4O4. The van der Waals surface area contributed by atoms with Crippen LogP contribution in [0.1, 0.15) is 25.7 Å². The summed E-state index contributed by atoms with van der Waals surface area (Å²) in [6.45, 7) is 2.08. The Labute approximate surface area is 129 Å². The summed E-state index contributed by atoms with van der Waals surface area (Å²) in [6.07, 6.45) is 2.17. The van der Waals surface area contributed by atoms with E-state index in [2.05, 4.69) is 10.6 Å². The van der Waals surface area contributed by atoms with Crippen molar-refractivity contribution in [3.63, 3.8) is 0 Å². The molecule has 2 fully saturated rings. The van der Waals surface area contributed by atoms with Gasteiger partial charge in [0.25, 0.3) is 0 Å². The summed E-state index contributed by atoms with van der Waals surface area (Å²) in [5, 5.41) is 15.0. The average molecular weight is 312 g/mol. The smallest absolute Gasteiger partial charge is 0.326 e. The van der Waals surface area contributed by atoms with Crippen molar-refractivity contribution in [3.8, 4) is 0 Å². The molecule has 2 atom stereocenters. The minimum absolute atomic E-state index is 0.109. The predicted molar refractivity (Wildman–Crippen MR) is 78.9 cm³/mol. The van der Waals surface area contributed by atoms with Gasteiger partial charge in [-0.05, 0) is 32.2 Å². The predicted octanol–water partition coefficient (Wildman–Crippen LogP) is -1.49. The number of rotatable bonds is 7. The molecule has 0 saturated carbocycles. The van der Waals surface area contributed by atoms with Crippen LogP contribution < -0.4 is 16.4 Å². The van der Waals surface area contributed by atoms with Crippen LogP contribution in [0.15, 0.2) is 0 Å². The van der Waals surface area contributed by atoms with Gasteiger partial charge in [0.05, 0.1) is 5.92 Å². The van der Waals surface area contributed by atoms with Crippen molar-refractivity contribution in [1.29, 1.82) is 0 Å². The summed E-state index contributed by atoms with van der Waals surface area (Å²) in [4.78, 5) is 37.3. The zero-order chi connectivity index (χ0) is 16.1. The van der Waals surface area contributed by atoms with Crippen LogP contribution >= 0.6 is 0 Å². The van der Waals surface area contributed by atoms with Gasteiger partial charge in [0.1, 0.15) is 12.1 Å². The second kappa shape index (κ2) is 7.55. The lowest BCUT2D eigenvalue weighted by atomic mass is 10.0. The maximum Gasteiger partial charge on any atom is 0.326 e. The molecule has 2 aliphatic rings. The van der Waals surface area contributed by atoms with Crippen molar-refractivity contribution in [3.05, 3.63) is 0 Å². The molecule has 2 aliphatic heterocycles. The highest BCUT2D eigenvalue weighted by atomic mass is 16.4. The van der Waals surface area contributed by atoms with Gasteiger partial charge in [-0.3, -0.25) is 9.59 Å². The molecule has 5 N–H and O–H groups in total. The van der Waals surface area contributed by atoms with Crippen molar-refractivity contribution in [1.82, 2.24) is 15.5 Å². The Morgan fingerprint density at radius 3 is 2.64 bits per heavy atom. The summed E-state index contributed by atoms with van der Waals surface area (Å²) in [5.41, 5.74) is 5.49. The molecule has 8 heteroatoms. The number of carbonyl (C=O) groups is 3. The molecule has 0 aromatic rings. The monoisotopic (exact) mass is 312 g/mol. The fourth-order valence-corrected chi connectivity index (χ4v) is 2.83. The second-order valence-electron chi connectivity index (χ2n) is 5.88. The molecule has 0 spiro atoms. The number of carboxylic acids is 1. The molecule has 124 valence electrons. The summed E-state index contributed by atoms with van der Waals surface area (Å²) in [5.74, 6) is -1.56. The van der Waals surface area contributed by atoms with Crippen LogP contribution in [-0.2, 0) is 14.4 Å².